The fraction of sp³-hybridized carbons (Fsp3) is 0.0952. The van der Waals surface area contributed by atoms with Crippen LogP contribution in [0.25, 0.3) is 0 Å². The number of halogens is 1. The maximum atomic E-state index is 13.0. The molecule has 3 aromatic rings. The first kappa shape index (κ1) is 18.4. The Balaban J connectivity index is 1.63. The molecule has 0 radical (unpaired) electrons. The zero-order valence-electron chi connectivity index (χ0n) is 14.9. The van der Waals surface area contributed by atoms with Crippen LogP contribution in [0.2, 0.25) is 4.34 Å². The highest BCUT2D eigenvalue weighted by Gasteiger charge is 2.37. The summed E-state index contributed by atoms with van der Waals surface area (Å²) in [4.78, 5) is 39.8. The largest absolute Gasteiger partial charge is 0.321 e. The van der Waals surface area contributed by atoms with Gasteiger partial charge in [-0.1, -0.05) is 47.5 Å². The van der Waals surface area contributed by atoms with E-state index in [-0.39, 0.29) is 23.9 Å². The summed E-state index contributed by atoms with van der Waals surface area (Å²) in [6, 6.07) is 15.8. The number of benzene rings is 2. The van der Waals surface area contributed by atoms with Crippen molar-refractivity contribution in [1.29, 1.82) is 0 Å². The SMILES string of the molecule is Cc1cccc(CN2C(=O)c3cccc(NC(=O)c4ccc(Cl)s4)c3C2=O)c1. The van der Waals surface area contributed by atoms with Gasteiger partial charge in [0.2, 0.25) is 0 Å². The highest BCUT2D eigenvalue weighted by Crippen LogP contribution is 2.31. The van der Waals surface area contributed by atoms with E-state index in [0.717, 1.165) is 22.5 Å². The molecule has 2 aromatic carbocycles. The normalized spacial score (nSPS) is 13.0. The molecule has 2 heterocycles. The third-order valence-electron chi connectivity index (χ3n) is 4.47. The van der Waals surface area contributed by atoms with Crippen LogP contribution in [0.4, 0.5) is 5.69 Å². The molecule has 0 unspecified atom stereocenters. The lowest BCUT2D eigenvalue weighted by molar-refractivity contribution is 0.0642. The van der Waals surface area contributed by atoms with Crippen molar-refractivity contribution >= 4 is 46.3 Å². The molecule has 0 fully saturated rings. The number of imide groups is 1. The molecule has 3 amide bonds. The Morgan fingerprint density at radius 1 is 1.07 bits per heavy atom. The molecule has 1 N–H and O–H groups in total. The lowest BCUT2D eigenvalue weighted by Gasteiger charge is -2.14. The minimum absolute atomic E-state index is 0.182. The summed E-state index contributed by atoms with van der Waals surface area (Å²) in [7, 11) is 0. The number of aryl methyl sites for hydroxylation is 1. The average Bonchev–Trinajstić information content (AvgIpc) is 3.20. The minimum atomic E-state index is -0.415. The molecular weight excluding hydrogens is 396 g/mol. The van der Waals surface area contributed by atoms with Crippen LogP contribution in [0.1, 0.15) is 41.5 Å². The number of fused-ring (bicyclic) bond motifs is 1. The maximum absolute atomic E-state index is 13.0. The Labute approximate surface area is 170 Å². The first-order valence-corrected chi connectivity index (χ1v) is 9.75. The van der Waals surface area contributed by atoms with Crippen LogP contribution in [-0.4, -0.2) is 22.6 Å². The Morgan fingerprint density at radius 3 is 2.57 bits per heavy atom. The van der Waals surface area contributed by atoms with Crippen LogP contribution in [0.5, 0.6) is 0 Å². The quantitative estimate of drug-likeness (QED) is 0.630. The molecule has 0 bridgehead atoms. The van der Waals surface area contributed by atoms with Gasteiger partial charge in [0.05, 0.1) is 32.6 Å². The Morgan fingerprint density at radius 2 is 1.86 bits per heavy atom. The van der Waals surface area contributed by atoms with Gasteiger partial charge in [-0.15, -0.1) is 11.3 Å². The number of hydrogen-bond donors (Lipinski definition) is 1. The molecule has 5 nitrogen and oxygen atoms in total. The smallest absolute Gasteiger partial charge is 0.265 e. The standard InChI is InChI=1S/C21H15ClN2O3S/c1-12-4-2-5-13(10-12)11-24-20(26)14-6-3-7-15(18(14)21(24)27)23-19(25)16-8-9-17(22)28-16/h2-10H,11H2,1H3,(H,23,25). The zero-order valence-corrected chi connectivity index (χ0v) is 16.4. The van der Waals surface area contributed by atoms with E-state index < -0.39 is 5.91 Å². The molecule has 1 aliphatic rings. The Kier molecular flexibility index (Phi) is 4.75. The molecule has 0 spiro atoms. The first-order chi connectivity index (χ1) is 13.4. The molecule has 1 aromatic heterocycles. The predicted molar refractivity (Wildman–Crippen MR) is 109 cm³/mol. The summed E-state index contributed by atoms with van der Waals surface area (Å²) in [5.74, 6) is -1.15. The number of anilines is 1. The lowest BCUT2D eigenvalue weighted by atomic mass is 10.1. The number of nitrogens with zero attached hydrogens (tertiary/aromatic N) is 1. The van der Waals surface area contributed by atoms with Gasteiger partial charge in [0.1, 0.15) is 0 Å². The van der Waals surface area contributed by atoms with Crippen LogP contribution in [0.3, 0.4) is 0 Å². The van der Waals surface area contributed by atoms with Crippen LogP contribution >= 0.6 is 22.9 Å². The fourth-order valence-electron chi connectivity index (χ4n) is 3.19. The Hall–Kier alpha value is -2.96. The van der Waals surface area contributed by atoms with E-state index in [9.17, 15) is 14.4 Å². The van der Waals surface area contributed by atoms with Gasteiger partial charge in [-0.3, -0.25) is 19.3 Å². The van der Waals surface area contributed by atoms with Crippen LogP contribution < -0.4 is 5.32 Å². The molecule has 0 saturated heterocycles. The number of rotatable bonds is 4. The Bertz CT molecular complexity index is 1120. The van der Waals surface area contributed by atoms with E-state index in [1.807, 2.05) is 31.2 Å². The van der Waals surface area contributed by atoms with Crippen molar-refractivity contribution < 1.29 is 14.4 Å². The number of amides is 3. The van der Waals surface area contributed by atoms with Crippen molar-refractivity contribution in [2.75, 3.05) is 5.32 Å². The van der Waals surface area contributed by atoms with Gasteiger partial charge in [-0.05, 0) is 36.8 Å². The molecule has 0 saturated carbocycles. The number of hydrogen-bond acceptors (Lipinski definition) is 4. The fourth-order valence-corrected chi connectivity index (χ4v) is 4.13. The molecule has 0 atom stereocenters. The third-order valence-corrected chi connectivity index (χ3v) is 5.70. The van der Waals surface area contributed by atoms with Gasteiger partial charge >= 0.3 is 0 Å². The maximum Gasteiger partial charge on any atom is 0.265 e. The second-order valence-electron chi connectivity index (χ2n) is 6.47. The second kappa shape index (κ2) is 7.22. The third kappa shape index (κ3) is 3.32. The number of nitrogens with one attached hydrogen (secondary N) is 1. The van der Waals surface area contributed by atoms with Crippen LogP contribution in [0, 0.1) is 6.92 Å². The number of thiophene rings is 1. The van der Waals surface area contributed by atoms with Crippen molar-refractivity contribution in [3.05, 3.63) is 86.1 Å². The van der Waals surface area contributed by atoms with Crippen molar-refractivity contribution in [2.24, 2.45) is 0 Å². The molecule has 140 valence electrons. The van der Waals surface area contributed by atoms with Crippen LogP contribution in [0.15, 0.2) is 54.6 Å². The van der Waals surface area contributed by atoms with Gasteiger partial charge in [-0.2, -0.15) is 0 Å². The molecule has 1 aliphatic heterocycles. The van der Waals surface area contributed by atoms with Crippen molar-refractivity contribution in [3.63, 3.8) is 0 Å². The van der Waals surface area contributed by atoms with Gasteiger partial charge in [0.15, 0.2) is 0 Å². The van der Waals surface area contributed by atoms with Gasteiger partial charge in [0, 0.05) is 0 Å². The summed E-state index contributed by atoms with van der Waals surface area (Å²) in [6.07, 6.45) is 0. The van der Waals surface area contributed by atoms with Crippen molar-refractivity contribution in [2.45, 2.75) is 13.5 Å². The van der Waals surface area contributed by atoms with Crippen molar-refractivity contribution in [3.8, 4) is 0 Å². The van der Waals surface area contributed by atoms with Gasteiger partial charge in [0.25, 0.3) is 17.7 Å². The molecular formula is C21H15ClN2O3S. The monoisotopic (exact) mass is 410 g/mol. The molecule has 7 heteroatoms. The summed E-state index contributed by atoms with van der Waals surface area (Å²) >= 11 is 7.03. The summed E-state index contributed by atoms with van der Waals surface area (Å²) in [5.41, 5.74) is 2.75. The molecule has 0 aliphatic carbocycles. The van der Waals surface area contributed by atoms with E-state index in [1.165, 1.54) is 4.90 Å². The highest BCUT2D eigenvalue weighted by molar-refractivity contribution is 7.18. The number of carbonyl (C=O) groups excluding carboxylic acids is 3. The summed E-state index contributed by atoms with van der Waals surface area (Å²) in [5, 5.41) is 2.73. The van der Waals surface area contributed by atoms with E-state index in [4.69, 9.17) is 11.6 Å². The van der Waals surface area contributed by atoms with Crippen molar-refractivity contribution in [1.82, 2.24) is 4.90 Å². The van der Waals surface area contributed by atoms with Crippen LogP contribution in [-0.2, 0) is 6.54 Å². The van der Waals surface area contributed by atoms with E-state index >= 15 is 0 Å². The second-order valence-corrected chi connectivity index (χ2v) is 8.19. The highest BCUT2D eigenvalue weighted by atomic mass is 35.5. The molecule has 28 heavy (non-hydrogen) atoms. The topological polar surface area (TPSA) is 66.5 Å². The summed E-state index contributed by atoms with van der Waals surface area (Å²) in [6.45, 7) is 2.14. The van der Waals surface area contributed by atoms with Gasteiger partial charge in [-0.25, -0.2) is 0 Å². The van der Waals surface area contributed by atoms with E-state index in [2.05, 4.69) is 5.32 Å². The zero-order chi connectivity index (χ0) is 19.8. The minimum Gasteiger partial charge on any atom is -0.321 e. The number of carbonyl (C=O) groups is 3. The lowest BCUT2D eigenvalue weighted by Crippen LogP contribution is -2.29. The van der Waals surface area contributed by atoms with E-state index in [1.54, 1.807) is 30.3 Å². The first-order valence-electron chi connectivity index (χ1n) is 8.55. The predicted octanol–water partition coefficient (Wildman–Crippen LogP) is 4.76. The average molecular weight is 411 g/mol. The van der Waals surface area contributed by atoms with Gasteiger partial charge < -0.3 is 5.32 Å². The van der Waals surface area contributed by atoms with E-state index in [0.29, 0.717) is 20.5 Å². The molecule has 4 rings (SSSR count). The summed E-state index contributed by atoms with van der Waals surface area (Å²) < 4.78 is 0.499.